The first-order valence-electron chi connectivity index (χ1n) is 2.71. The zero-order valence-electron chi connectivity index (χ0n) is 6.41. The molecule has 1 aromatic carbocycles. The Labute approximate surface area is 102 Å². The minimum absolute atomic E-state index is 0. The summed E-state index contributed by atoms with van der Waals surface area (Å²) < 4.78 is 0. The van der Waals surface area contributed by atoms with Gasteiger partial charge < -0.3 is 15.0 Å². The third kappa shape index (κ3) is 3.60. The van der Waals surface area contributed by atoms with Crippen molar-refractivity contribution in [3.8, 4) is 5.75 Å². The number of phenols is 1. The van der Waals surface area contributed by atoms with E-state index < -0.39 is 5.97 Å². The molecule has 0 bridgehead atoms. The number of carbonyl (C=O) groups excluding carboxylic acids is 1. The van der Waals surface area contributed by atoms with Crippen LogP contribution >= 0.6 is 0 Å². The summed E-state index contributed by atoms with van der Waals surface area (Å²) in [5.74, 6) is -1.62. The summed E-state index contributed by atoms with van der Waals surface area (Å²) in [5, 5.41) is 19.0. The zero-order valence-corrected chi connectivity index (χ0v) is 9.45. The van der Waals surface area contributed by atoms with Gasteiger partial charge in [0.05, 0.1) is 5.97 Å². The Morgan fingerprint density at radius 1 is 1.33 bits per heavy atom. The summed E-state index contributed by atoms with van der Waals surface area (Å²) in [6.07, 6.45) is 0. The second-order valence-electron chi connectivity index (χ2n) is 1.80. The van der Waals surface area contributed by atoms with Crippen LogP contribution in [0.2, 0.25) is 0 Å². The normalized spacial score (nSPS) is 7.67. The van der Waals surface area contributed by atoms with E-state index in [0.717, 1.165) is 0 Å². The first-order valence-corrected chi connectivity index (χ1v) is 2.71. The van der Waals surface area contributed by atoms with E-state index in [1.165, 1.54) is 18.2 Å². The molecule has 0 fully saturated rings. The number of hydrogen-bond donors (Lipinski definition) is 1. The molecule has 0 unspecified atom stereocenters. The van der Waals surface area contributed by atoms with E-state index in [-0.39, 0.29) is 57.6 Å². The Balaban J connectivity index is 0. The Kier molecular flexibility index (Phi) is 7.87. The van der Waals surface area contributed by atoms with Crippen molar-refractivity contribution in [1.82, 2.24) is 0 Å². The van der Waals surface area contributed by atoms with Gasteiger partial charge in [0.2, 0.25) is 0 Å². The summed E-state index contributed by atoms with van der Waals surface area (Å²) in [7, 11) is 0. The molecule has 1 rings (SSSR count). The fraction of sp³-hybridized carbons (Fsp3) is 0. The van der Waals surface area contributed by atoms with Crippen LogP contribution in [-0.4, -0.2) is 11.1 Å². The maximum Gasteiger partial charge on any atom is 2.00 e. The predicted octanol–water partition coefficient (Wildman–Crippen LogP) is -3.24. The molecule has 0 spiro atoms. The minimum Gasteiger partial charge on any atom is -0.545 e. The van der Waals surface area contributed by atoms with Gasteiger partial charge >= 0.3 is 46.3 Å². The van der Waals surface area contributed by atoms with Gasteiger partial charge in [0.1, 0.15) is 5.75 Å². The van der Waals surface area contributed by atoms with Crippen LogP contribution in [-0.2, 0) is 16.8 Å². The van der Waals surface area contributed by atoms with Gasteiger partial charge in [0.15, 0.2) is 0 Å². The van der Waals surface area contributed by atoms with Crippen molar-refractivity contribution >= 4 is 5.97 Å². The number of benzene rings is 1. The fourth-order valence-corrected chi connectivity index (χ4v) is 0.646. The SMILES string of the molecule is O=C([O-])c1ccccc1O.[Co+2].[Na+]. The number of carboxylic acid groups (broad SMARTS) is 1. The molecule has 1 N–H and O–H groups in total. The molecule has 0 amide bonds. The van der Waals surface area contributed by atoms with Gasteiger partial charge in [0, 0.05) is 5.56 Å². The van der Waals surface area contributed by atoms with E-state index in [2.05, 4.69) is 0 Å². The molecule has 5 heteroatoms. The van der Waals surface area contributed by atoms with E-state index in [4.69, 9.17) is 5.11 Å². The summed E-state index contributed by atoms with van der Waals surface area (Å²) >= 11 is 0. The first-order chi connectivity index (χ1) is 4.72. The van der Waals surface area contributed by atoms with Crippen LogP contribution in [0.1, 0.15) is 10.4 Å². The topological polar surface area (TPSA) is 60.4 Å². The van der Waals surface area contributed by atoms with Crippen LogP contribution in [0.25, 0.3) is 0 Å². The minimum atomic E-state index is -1.36. The molecule has 0 saturated heterocycles. The Morgan fingerprint density at radius 3 is 2.17 bits per heavy atom. The van der Waals surface area contributed by atoms with Crippen molar-refractivity contribution in [3.63, 3.8) is 0 Å². The molecule has 0 atom stereocenters. The van der Waals surface area contributed by atoms with Gasteiger partial charge in [-0.25, -0.2) is 0 Å². The van der Waals surface area contributed by atoms with E-state index in [0.29, 0.717) is 0 Å². The van der Waals surface area contributed by atoms with Crippen molar-refractivity contribution in [3.05, 3.63) is 29.8 Å². The average molecular weight is 219 g/mol. The summed E-state index contributed by atoms with van der Waals surface area (Å²) in [6, 6.07) is 5.64. The van der Waals surface area contributed by atoms with Crippen molar-refractivity contribution in [1.29, 1.82) is 0 Å². The third-order valence-corrected chi connectivity index (χ3v) is 1.12. The smallest absolute Gasteiger partial charge is 0.545 e. The standard InChI is InChI=1S/C7H6O3.Co.Na/c8-6-4-2-1-3-5(6)7(9)10;;/h1-4,8H,(H,9,10);;/q;+2;+1/p-1. The van der Waals surface area contributed by atoms with Crippen molar-refractivity contribution in [2.45, 2.75) is 0 Å². The molecule has 59 valence electrons. The van der Waals surface area contributed by atoms with Gasteiger partial charge in [-0.15, -0.1) is 0 Å². The zero-order chi connectivity index (χ0) is 7.56. The second kappa shape index (κ2) is 6.51. The summed E-state index contributed by atoms with van der Waals surface area (Å²) in [4.78, 5) is 10.2. The van der Waals surface area contributed by atoms with E-state index in [1.807, 2.05) is 0 Å². The maximum atomic E-state index is 10.2. The monoisotopic (exact) mass is 219 g/mol. The van der Waals surface area contributed by atoms with E-state index in [9.17, 15) is 9.90 Å². The number of aromatic hydroxyl groups is 1. The maximum absolute atomic E-state index is 10.2. The number of para-hydroxylation sites is 1. The van der Waals surface area contributed by atoms with Crippen LogP contribution in [0.4, 0.5) is 0 Å². The number of aromatic carboxylic acids is 1. The van der Waals surface area contributed by atoms with Gasteiger partial charge in [-0.3, -0.25) is 0 Å². The van der Waals surface area contributed by atoms with Gasteiger partial charge in [-0.1, -0.05) is 12.1 Å². The molecule has 12 heavy (non-hydrogen) atoms. The van der Waals surface area contributed by atoms with Crippen molar-refractivity contribution in [2.75, 3.05) is 0 Å². The molecule has 0 aliphatic carbocycles. The quantitative estimate of drug-likeness (QED) is 0.505. The van der Waals surface area contributed by atoms with Gasteiger partial charge in [-0.05, 0) is 12.1 Å². The first kappa shape index (κ1) is 14.5. The fourth-order valence-electron chi connectivity index (χ4n) is 0.646. The number of carboxylic acids is 1. The second-order valence-corrected chi connectivity index (χ2v) is 1.80. The van der Waals surface area contributed by atoms with E-state index in [1.54, 1.807) is 6.07 Å². The molecule has 0 heterocycles. The van der Waals surface area contributed by atoms with Gasteiger partial charge in [0.25, 0.3) is 0 Å². The Bertz CT molecular complexity index is 265. The van der Waals surface area contributed by atoms with Crippen molar-refractivity contribution < 1.29 is 61.3 Å². The molecule has 1 radical (unpaired) electrons. The molecule has 0 aliphatic heterocycles. The van der Waals surface area contributed by atoms with Gasteiger partial charge in [-0.2, -0.15) is 0 Å². The number of carbonyl (C=O) groups is 1. The molecule has 1 aromatic rings. The van der Waals surface area contributed by atoms with Crippen LogP contribution in [0.5, 0.6) is 5.75 Å². The summed E-state index contributed by atoms with van der Waals surface area (Å²) in [5.41, 5.74) is -0.178. The number of hydrogen-bond acceptors (Lipinski definition) is 3. The molecular weight excluding hydrogens is 214 g/mol. The third-order valence-electron chi connectivity index (χ3n) is 1.12. The van der Waals surface area contributed by atoms with Crippen LogP contribution in [0, 0.1) is 0 Å². The molecular formula is C7H5CoNaO3+2. The molecule has 0 aliphatic rings. The number of rotatable bonds is 1. The summed E-state index contributed by atoms with van der Waals surface area (Å²) in [6.45, 7) is 0. The molecule has 0 aromatic heterocycles. The Morgan fingerprint density at radius 2 is 1.83 bits per heavy atom. The molecule has 0 saturated carbocycles. The van der Waals surface area contributed by atoms with Crippen LogP contribution in [0.15, 0.2) is 24.3 Å². The van der Waals surface area contributed by atoms with E-state index >= 15 is 0 Å². The van der Waals surface area contributed by atoms with Crippen LogP contribution in [0.3, 0.4) is 0 Å². The predicted molar refractivity (Wildman–Crippen MR) is 32.4 cm³/mol. The largest absolute Gasteiger partial charge is 2.00 e. The Hall–Kier alpha value is -0.00351. The average Bonchev–Trinajstić information content (AvgIpc) is 1.88. The van der Waals surface area contributed by atoms with Crippen molar-refractivity contribution in [2.24, 2.45) is 0 Å². The van der Waals surface area contributed by atoms with Crippen LogP contribution < -0.4 is 34.7 Å². The molecule has 3 nitrogen and oxygen atoms in total.